The number of hydrogen-bond acceptors (Lipinski definition) is 11. The zero-order valence-corrected chi connectivity index (χ0v) is 42.2. The predicted octanol–water partition coefficient (Wildman–Crippen LogP) is 11.6. The van der Waals surface area contributed by atoms with Crippen molar-refractivity contribution in [1.29, 1.82) is 0 Å². The molecule has 362 valence electrons. The number of carboxylic acid groups (broad SMARTS) is 1. The number of H-pyrrole nitrogens is 1. The standard InChI is InChI=1S/C54H61ClN6O6S2/c1-6-7-8-15-45(52(64)56-4)59(5)44-19-18-41(42-14-10-12-38(32-63)47(42)44)35-20-23-60(24-21-35)46-30-36-17-16-34(28-43(36)58-46)33-68-61-25-22-40(31-54(61,2)3)57-39-13-9-11-37(29-39)50-48(55)49(67-27-26-62)51(69-50)53(65)66/h6-7,9-14,16-19,26,28-30,32,35,40,45,57-58H,8,15,20-25,27,31,33H2,1-5H3,(H,56,64)(H,65,66)/b7-6-. The van der Waals surface area contributed by atoms with E-state index in [9.17, 15) is 24.3 Å². The average molecular weight is 990 g/mol. The molecule has 0 radical (unpaired) electrons. The summed E-state index contributed by atoms with van der Waals surface area (Å²) in [5, 5.41) is 19.7. The lowest BCUT2D eigenvalue weighted by molar-refractivity contribution is -0.122. The summed E-state index contributed by atoms with van der Waals surface area (Å²) in [5.74, 6) is 1.14. The zero-order chi connectivity index (χ0) is 48.8. The summed E-state index contributed by atoms with van der Waals surface area (Å²) in [7, 11) is 3.63. The summed E-state index contributed by atoms with van der Waals surface area (Å²) in [4.78, 5) is 57.2. The van der Waals surface area contributed by atoms with Crippen molar-refractivity contribution in [3.05, 3.63) is 118 Å². The fourth-order valence-electron chi connectivity index (χ4n) is 10.1. The van der Waals surface area contributed by atoms with E-state index in [1.165, 1.54) is 16.5 Å². The molecule has 4 heterocycles. The van der Waals surface area contributed by atoms with Crippen LogP contribution in [0.2, 0.25) is 5.02 Å². The van der Waals surface area contributed by atoms with Gasteiger partial charge < -0.3 is 35.3 Å². The van der Waals surface area contributed by atoms with Crippen molar-refractivity contribution in [3.8, 4) is 16.2 Å². The van der Waals surface area contributed by atoms with Crippen LogP contribution in [0, 0.1) is 0 Å². The van der Waals surface area contributed by atoms with E-state index in [0.29, 0.717) is 29.1 Å². The van der Waals surface area contributed by atoms with Crippen molar-refractivity contribution in [1.82, 2.24) is 14.6 Å². The molecule has 1 amide bonds. The summed E-state index contributed by atoms with van der Waals surface area (Å²) in [6.45, 7) is 9.03. The Morgan fingerprint density at radius 3 is 2.57 bits per heavy atom. The number of anilines is 3. The molecule has 2 fully saturated rings. The monoisotopic (exact) mass is 988 g/mol. The molecule has 4 aromatic carbocycles. The number of fused-ring (bicyclic) bond motifs is 2. The van der Waals surface area contributed by atoms with Crippen LogP contribution in [0.3, 0.4) is 0 Å². The number of aromatic carboxylic acids is 1. The van der Waals surface area contributed by atoms with Gasteiger partial charge in [-0.2, -0.15) is 0 Å². The van der Waals surface area contributed by atoms with E-state index in [1.54, 1.807) is 7.05 Å². The highest BCUT2D eigenvalue weighted by molar-refractivity contribution is 7.96. The average Bonchev–Trinajstić information content (AvgIpc) is 3.93. The van der Waals surface area contributed by atoms with Gasteiger partial charge in [-0.05, 0) is 118 Å². The number of amides is 1. The molecular formula is C54H61ClN6O6S2. The quantitative estimate of drug-likeness (QED) is 0.0349. The number of carbonyl (C=O) groups excluding carboxylic acids is 3. The third-order valence-electron chi connectivity index (χ3n) is 13.7. The van der Waals surface area contributed by atoms with E-state index in [1.807, 2.05) is 73.3 Å². The molecule has 2 aliphatic rings. The van der Waals surface area contributed by atoms with Crippen molar-refractivity contribution in [2.45, 2.75) is 88.6 Å². The first kappa shape index (κ1) is 49.6. The van der Waals surface area contributed by atoms with Gasteiger partial charge in [0.1, 0.15) is 23.5 Å². The zero-order valence-electron chi connectivity index (χ0n) is 39.8. The maximum absolute atomic E-state index is 13.1. The Labute approximate surface area is 417 Å². The lowest BCUT2D eigenvalue weighted by Crippen LogP contribution is -2.49. The van der Waals surface area contributed by atoms with Crippen LogP contribution in [0.1, 0.15) is 96.4 Å². The van der Waals surface area contributed by atoms with Gasteiger partial charge in [-0.1, -0.05) is 84.2 Å². The van der Waals surface area contributed by atoms with E-state index < -0.39 is 5.97 Å². The Kier molecular flexibility index (Phi) is 15.7. The number of nitrogens with one attached hydrogen (secondary N) is 3. The van der Waals surface area contributed by atoms with E-state index in [-0.39, 0.29) is 45.8 Å². The second-order valence-corrected chi connectivity index (χ2v) is 21.0. The van der Waals surface area contributed by atoms with E-state index in [4.69, 9.17) is 16.3 Å². The molecular weight excluding hydrogens is 928 g/mol. The van der Waals surface area contributed by atoms with Crippen molar-refractivity contribution in [2.24, 2.45) is 0 Å². The number of aldehydes is 2. The highest BCUT2D eigenvalue weighted by Crippen LogP contribution is 2.46. The summed E-state index contributed by atoms with van der Waals surface area (Å²) >= 11 is 9.53. The minimum Gasteiger partial charge on any atom is -0.483 e. The maximum Gasteiger partial charge on any atom is 0.349 e. The number of piperidine rings is 2. The van der Waals surface area contributed by atoms with Crippen LogP contribution in [0.4, 0.5) is 17.2 Å². The Balaban J connectivity index is 0.883. The molecule has 6 aromatic rings. The number of allylic oxidation sites excluding steroid dienone is 2. The fourth-order valence-corrected chi connectivity index (χ4v) is 12.7. The van der Waals surface area contributed by atoms with Crippen LogP contribution < -0.4 is 25.2 Å². The van der Waals surface area contributed by atoms with Gasteiger partial charge in [-0.25, -0.2) is 9.10 Å². The number of ether oxygens (including phenoxy) is 1. The number of carboxylic acids is 1. The molecule has 2 unspecified atom stereocenters. The number of likely N-dealkylation sites (N-methyl/N-ethyl adjacent to an activating group) is 2. The van der Waals surface area contributed by atoms with Crippen LogP contribution >= 0.6 is 34.9 Å². The van der Waals surface area contributed by atoms with E-state index in [0.717, 1.165) is 114 Å². The third-order valence-corrected chi connectivity index (χ3v) is 16.8. The predicted molar refractivity (Wildman–Crippen MR) is 284 cm³/mol. The minimum absolute atomic E-state index is 0.0205. The van der Waals surface area contributed by atoms with Crippen LogP contribution in [-0.4, -0.2) is 96.8 Å². The van der Waals surface area contributed by atoms with Crippen molar-refractivity contribution in [2.75, 3.05) is 55.5 Å². The number of halogens is 1. The minimum atomic E-state index is -1.15. The van der Waals surface area contributed by atoms with Gasteiger partial charge in [-0.15, -0.1) is 11.3 Å². The van der Waals surface area contributed by atoms with Crippen molar-refractivity contribution < 1.29 is 29.0 Å². The fraction of sp³-hybridized carbons (Fsp3) is 0.370. The van der Waals surface area contributed by atoms with Gasteiger partial charge in [0.2, 0.25) is 5.91 Å². The van der Waals surface area contributed by atoms with Gasteiger partial charge in [0.15, 0.2) is 23.2 Å². The summed E-state index contributed by atoms with van der Waals surface area (Å²) in [6, 6.07) is 27.0. The molecule has 2 aliphatic heterocycles. The number of rotatable bonds is 19. The van der Waals surface area contributed by atoms with Gasteiger partial charge in [0.25, 0.3) is 0 Å². The molecule has 69 heavy (non-hydrogen) atoms. The van der Waals surface area contributed by atoms with Gasteiger partial charge in [0, 0.05) is 84.3 Å². The highest BCUT2D eigenvalue weighted by Gasteiger charge is 2.36. The van der Waals surface area contributed by atoms with Gasteiger partial charge >= 0.3 is 5.97 Å². The molecule has 8 rings (SSSR count). The summed E-state index contributed by atoms with van der Waals surface area (Å²) in [6.07, 6.45) is 10.9. The number of benzene rings is 4. The Bertz CT molecular complexity index is 2870. The Morgan fingerprint density at radius 1 is 1.04 bits per heavy atom. The normalized spacial score (nSPS) is 17.0. The first-order chi connectivity index (χ1) is 33.3. The first-order valence-electron chi connectivity index (χ1n) is 23.7. The molecule has 2 atom stereocenters. The lowest BCUT2D eigenvalue weighted by Gasteiger charge is -2.45. The number of hydrogen-bond donors (Lipinski definition) is 4. The number of aromatic nitrogens is 1. The number of aromatic amines is 1. The van der Waals surface area contributed by atoms with Crippen LogP contribution in [0.25, 0.3) is 32.1 Å². The molecule has 12 nitrogen and oxygen atoms in total. The Hall–Kier alpha value is -5.80. The second kappa shape index (κ2) is 21.9. The number of nitrogens with zero attached hydrogens (tertiary/aromatic N) is 3. The number of carbonyl (C=O) groups is 4. The lowest BCUT2D eigenvalue weighted by atomic mass is 9.85. The van der Waals surface area contributed by atoms with Crippen LogP contribution in [0.15, 0.2) is 91.0 Å². The summed E-state index contributed by atoms with van der Waals surface area (Å²) in [5.41, 5.74) is 6.81. The number of thiophene rings is 1. The molecule has 0 bridgehead atoms. The van der Waals surface area contributed by atoms with E-state index in [2.05, 4.69) is 87.2 Å². The molecule has 15 heteroatoms. The first-order valence-corrected chi connectivity index (χ1v) is 25.8. The molecule has 2 aromatic heterocycles. The second-order valence-electron chi connectivity index (χ2n) is 18.6. The van der Waals surface area contributed by atoms with Gasteiger partial charge in [-0.3, -0.25) is 14.4 Å². The molecule has 4 N–H and O–H groups in total. The third kappa shape index (κ3) is 10.8. The largest absolute Gasteiger partial charge is 0.483 e. The van der Waals surface area contributed by atoms with Crippen LogP contribution in [-0.2, 0) is 15.3 Å². The Morgan fingerprint density at radius 2 is 1.84 bits per heavy atom. The smallest absolute Gasteiger partial charge is 0.349 e. The molecule has 0 saturated carbocycles. The highest BCUT2D eigenvalue weighted by atomic mass is 35.5. The molecule has 0 spiro atoms. The van der Waals surface area contributed by atoms with Crippen molar-refractivity contribution in [3.63, 3.8) is 0 Å². The molecule has 0 aliphatic carbocycles. The molecule has 2 saturated heterocycles. The van der Waals surface area contributed by atoms with Gasteiger partial charge in [0.05, 0.1) is 4.88 Å². The van der Waals surface area contributed by atoms with E-state index >= 15 is 0 Å². The maximum atomic E-state index is 13.1. The SMILES string of the molecule is C/C=C\CCC(C(=O)NC)N(C)c1ccc(C2CCN(c3cc4ccc(CSN5CCC(Nc6cccc(-c7sc(C(=O)O)c(OCC=O)c7Cl)c6)CC5(C)C)cc4[nH]3)CC2)c2cccc(C=O)c12. The summed E-state index contributed by atoms with van der Waals surface area (Å²) < 4.78 is 7.91. The van der Waals surface area contributed by atoms with Crippen LogP contribution in [0.5, 0.6) is 5.75 Å². The topological polar surface area (TPSA) is 147 Å². The van der Waals surface area contributed by atoms with Crippen molar-refractivity contribution >= 4 is 98.2 Å².